The number of nitrogen functional groups attached to an aromatic ring is 1. The molecule has 1 atom stereocenters. The molecule has 0 aliphatic carbocycles. The minimum Gasteiger partial charge on any atom is -0.470 e. The van der Waals surface area contributed by atoms with E-state index in [9.17, 15) is 0 Å². The van der Waals surface area contributed by atoms with Crippen molar-refractivity contribution in [2.75, 3.05) is 0 Å². The fraction of sp³-hybridized carbons (Fsp3) is 0.143. The SMILES string of the molecule is CC(Oc1ccc(C(=N)N)cn1)c1ccccc1. The highest BCUT2D eigenvalue weighted by Crippen LogP contribution is 2.19. The average molecular weight is 241 g/mol. The zero-order valence-corrected chi connectivity index (χ0v) is 10.1. The van der Waals surface area contributed by atoms with Crippen molar-refractivity contribution >= 4 is 5.84 Å². The van der Waals surface area contributed by atoms with Crippen LogP contribution in [0.2, 0.25) is 0 Å². The Balaban J connectivity index is 2.08. The first-order valence-electron chi connectivity index (χ1n) is 5.69. The van der Waals surface area contributed by atoms with Crippen molar-refractivity contribution < 1.29 is 4.74 Å². The molecule has 0 aliphatic heterocycles. The van der Waals surface area contributed by atoms with Gasteiger partial charge in [-0.15, -0.1) is 0 Å². The quantitative estimate of drug-likeness (QED) is 0.638. The fourth-order valence-corrected chi connectivity index (χ4v) is 1.58. The summed E-state index contributed by atoms with van der Waals surface area (Å²) in [6.45, 7) is 1.97. The largest absolute Gasteiger partial charge is 0.470 e. The van der Waals surface area contributed by atoms with Crippen LogP contribution in [0.15, 0.2) is 48.7 Å². The molecule has 92 valence electrons. The Bertz CT molecular complexity index is 522. The van der Waals surface area contributed by atoms with Crippen molar-refractivity contribution in [3.05, 3.63) is 59.8 Å². The Kier molecular flexibility index (Phi) is 3.57. The lowest BCUT2D eigenvalue weighted by molar-refractivity contribution is 0.217. The van der Waals surface area contributed by atoms with Gasteiger partial charge in [-0.25, -0.2) is 4.98 Å². The highest BCUT2D eigenvalue weighted by Gasteiger charge is 2.07. The molecule has 0 amide bonds. The third-order valence-corrected chi connectivity index (χ3v) is 2.61. The van der Waals surface area contributed by atoms with Gasteiger partial charge in [-0.1, -0.05) is 30.3 Å². The molecule has 0 radical (unpaired) electrons. The van der Waals surface area contributed by atoms with Gasteiger partial charge < -0.3 is 10.5 Å². The Morgan fingerprint density at radius 3 is 2.50 bits per heavy atom. The van der Waals surface area contributed by atoms with Crippen LogP contribution in [0.25, 0.3) is 0 Å². The standard InChI is InChI=1S/C14H15N3O/c1-10(11-5-3-2-4-6-11)18-13-8-7-12(9-17-13)14(15)16/h2-10H,1H3,(H3,15,16). The first-order chi connectivity index (χ1) is 8.66. The van der Waals surface area contributed by atoms with Crippen LogP contribution in [0.1, 0.15) is 24.2 Å². The molecule has 0 bridgehead atoms. The molecule has 18 heavy (non-hydrogen) atoms. The minimum absolute atomic E-state index is 0.00478. The Hall–Kier alpha value is -2.36. The number of ether oxygens (including phenoxy) is 1. The number of nitrogens with two attached hydrogens (primary N) is 1. The zero-order chi connectivity index (χ0) is 13.0. The fourth-order valence-electron chi connectivity index (χ4n) is 1.58. The number of hydrogen-bond donors (Lipinski definition) is 2. The van der Waals surface area contributed by atoms with Gasteiger partial charge in [0.25, 0.3) is 0 Å². The summed E-state index contributed by atoms with van der Waals surface area (Å²) >= 11 is 0. The molecule has 3 N–H and O–H groups in total. The summed E-state index contributed by atoms with van der Waals surface area (Å²) < 4.78 is 5.71. The van der Waals surface area contributed by atoms with Crippen LogP contribution in [-0.2, 0) is 0 Å². The molecule has 2 aromatic rings. The van der Waals surface area contributed by atoms with Crippen LogP contribution in [-0.4, -0.2) is 10.8 Å². The van der Waals surface area contributed by atoms with Gasteiger partial charge in [-0.05, 0) is 18.6 Å². The number of benzene rings is 1. The van der Waals surface area contributed by atoms with Crippen molar-refractivity contribution in [1.29, 1.82) is 5.41 Å². The van der Waals surface area contributed by atoms with Gasteiger partial charge in [0.15, 0.2) is 0 Å². The van der Waals surface area contributed by atoms with E-state index in [-0.39, 0.29) is 11.9 Å². The van der Waals surface area contributed by atoms with Gasteiger partial charge in [-0.3, -0.25) is 5.41 Å². The summed E-state index contributed by atoms with van der Waals surface area (Å²) in [4.78, 5) is 4.12. The second-order valence-corrected chi connectivity index (χ2v) is 3.97. The molecule has 1 heterocycles. The highest BCUT2D eigenvalue weighted by molar-refractivity contribution is 5.94. The van der Waals surface area contributed by atoms with E-state index in [1.54, 1.807) is 12.1 Å². The summed E-state index contributed by atoms with van der Waals surface area (Å²) in [6, 6.07) is 13.4. The maximum atomic E-state index is 7.28. The number of pyridine rings is 1. The first-order valence-corrected chi connectivity index (χ1v) is 5.69. The molecule has 0 fully saturated rings. The van der Waals surface area contributed by atoms with E-state index in [4.69, 9.17) is 15.9 Å². The topological polar surface area (TPSA) is 72.0 Å². The summed E-state index contributed by atoms with van der Waals surface area (Å²) in [5.41, 5.74) is 7.04. The van der Waals surface area contributed by atoms with Crippen LogP contribution in [0, 0.1) is 5.41 Å². The van der Waals surface area contributed by atoms with Crippen molar-refractivity contribution in [1.82, 2.24) is 4.98 Å². The number of nitrogens with zero attached hydrogens (tertiary/aromatic N) is 1. The van der Waals surface area contributed by atoms with Crippen LogP contribution in [0.3, 0.4) is 0 Å². The van der Waals surface area contributed by atoms with Gasteiger partial charge in [0, 0.05) is 17.8 Å². The second-order valence-electron chi connectivity index (χ2n) is 3.97. The molecule has 1 unspecified atom stereocenters. The lowest BCUT2D eigenvalue weighted by atomic mass is 10.1. The van der Waals surface area contributed by atoms with Crippen molar-refractivity contribution in [2.45, 2.75) is 13.0 Å². The molecule has 1 aromatic carbocycles. The average Bonchev–Trinajstić information content (AvgIpc) is 2.40. The molecule has 1 aromatic heterocycles. The van der Waals surface area contributed by atoms with Gasteiger partial charge in [0.05, 0.1) is 0 Å². The highest BCUT2D eigenvalue weighted by atomic mass is 16.5. The summed E-state index contributed by atoms with van der Waals surface area (Å²) in [6.07, 6.45) is 1.47. The van der Waals surface area contributed by atoms with Crippen molar-refractivity contribution in [3.8, 4) is 5.88 Å². The van der Waals surface area contributed by atoms with Crippen LogP contribution < -0.4 is 10.5 Å². The van der Waals surface area contributed by atoms with Crippen molar-refractivity contribution in [3.63, 3.8) is 0 Å². The number of hydrogen-bond acceptors (Lipinski definition) is 3. The molecule has 4 nitrogen and oxygen atoms in total. The predicted octanol–water partition coefficient (Wildman–Crippen LogP) is 2.51. The number of aromatic nitrogens is 1. The lowest BCUT2D eigenvalue weighted by Gasteiger charge is -2.14. The van der Waals surface area contributed by atoms with E-state index >= 15 is 0 Å². The molecule has 4 heteroatoms. The third-order valence-electron chi connectivity index (χ3n) is 2.61. The first kappa shape index (κ1) is 12.1. The normalized spacial score (nSPS) is 11.8. The second kappa shape index (κ2) is 5.31. The van der Waals surface area contributed by atoms with Crippen LogP contribution in [0.5, 0.6) is 5.88 Å². The number of rotatable bonds is 4. The molecule has 0 aliphatic rings. The lowest BCUT2D eigenvalue weighted by Crippen LogP contribution is -2.11. The molecule has 0 spiro atoms. The predicted molar refractivity (Wildman–Crippen MR) is 70.7 cm³/mol. The maximum absolute atomic E-state index is 7.28. The molecular weight excluding hydrogens is 226 g/mol. The van der Waals surface area contributed by atoms with E-state index in [2.05, 4.69) is 4.98 Å². The molecular formula is C14H15N3O. The number of amidine groups is 1. The van der Waals surface area contributed by atoms with E-state index in [0.29, 0.717) is 11.4 Å². The van der Waals surface area contributed by atoms with Crippen LogP contribution >= 0.6 is 0 Å². The van der Waals surface area contributed by atoms with E-state index < -0.39 is 0 Å². The van der Waals surface area contributed by atoms with E-state index in [1.807, 2.05) is 37.3 Å². The van der Waals surface area contributed by atoms with Gasteiger partial charge in [0.1, 0.15) is 11.9 Å². The van der Waals surface area contributed by atoms with E-state index in [0.717, 1.165) is 5.56 Å². The summed E-state index contributed by atoms with van der Waals surface area (Å²) in [5, 5.41) is 7.28. The maximum Gasteiger partial charge on any atom is 0.213 e. The summed E-state index contributed by atoms with van der Waals surface area (Å²) in [5.74, 6) is 0.529. The Labute approximate surface area is 106 Å². The molecule has 2 rings (SSSR count). The third kappa shape index (κ3) is 2.85. The Morgan fingerprint density at radius 2 is 1.94 bits per heavy atom. The minimum atomic E-state index is -0.0677. The van der Waals surface area contributed by atoms with Gasteiger partial charge in [-0.2, -0.15) is 0 Å². The van der Waals surface area contributed by atoms with Gasteiger partial charge >= 0.3 is 0 Å². The zero-order valence-electron chi connectivity index (χ0n) is 10.1. The van der Waals surface area contributed by atoms with Crippen molar-refractivity contribution in [2.24, 2.45) is 5.73 Å². The van der Waals surface area contributed by atoms with Crippen LogP contribution in [0.4, 0.5) is 0 Å². The number of nitrogens with one attached hydrogen (secondary N) is 1. The summed E-state index contributed by atoms with van der Waals surface area (Å²) in [7, 11) is 0. The smallest absolute Gasteiger partial charge is 0.213 e. The molecule has 0 saturated carbocycles. The molecule has 0 saturated heterocycles. The monoisotopic (exact) mass is 241 g/mol. The Morgan fingerprint density at radius 1 is 1.22 bits per heavy atom. The van der Waals surface area contributed by atoms with E-state index in [1.165, 1.54) is 6.20 Å². The van der Waals surface area contributed by atoms with Gasteiger partial charge in [0.2, 0.25) is 5.88 Å².